The van der Waals surface area contributed by atoms with Crippen molar-refractivity contribution in [2.45, 2.75) is 6.85 Å². The van der Waals surface area contributed by atoms with E-state index >= 15 is 0 Å². The van der Waals surface area contributed by atoms with Gasteiger partial charge in [0.15, 0.2) is 5.82 Å². The molecule has 5 nitrogen and oxygen atoms in total. The third kappa shape index (κ3) is 1.44. The Morgan fingerprint density at radius 3 is 3.11 bits per heavy atom. The SMILES string of the molecule is [2H]c1cc2c(nc1[2H])N(C)c1nccc(C([2H])([2H])[2H])c1NC2=O. The topological polar surface area (TPSA) is 58.1 Å². The molecule has 3 heterocycles. The number of nitrogens with zero attached hydrogens (tertiary/aromatic N) is 3. The first-order valence-electron chi connectivity index (χ1n) is 7.73. The van der Waals surface area contributed by atoms with Crippen LogP contribution in [0.15, 0.2) is 30.5 Å². The lowest BCUT2D eigenvalue weighted by molar-refractivity contribution is 0.102. The lowest BCUT2D eigenvalue weighted by atomic mass is 10.2. The molecule has 0 fully saturated rings. The first kappa shape index (κ1) is 6.49. The Hall–Kier alpha value is -2.43. The predicted molar refractivity (Wildman–Crippen MR) is 69.2 cm³/mol. The molecule has 1 aliphatic heterocycles. The Labute approximate surface area is 112 Å². The van der Waals surface area contributed by atoms with Gasteiger partial charge in [0, 0.05) is 23.5 Å². The summed E-state index contributed by atoms with van der Waals surface area (Å²) in [5.74, 6) is -0.224. The summed E-state index contributed by atoms with van der Waals surface area (Å²) in [6.07, 6.45) is 1.06. The molecule has 2 aromatic rings. The van der Waals surface area contributed by atoms with Crippen LogP contribution in [0.3, 0.4) is 0 Å². The molecule has 2 aromatic heterocycles. The number of nitrogens with one attached hydrogen (secondary N) is 1. The molecule has 0 aliphatic carbocycles. The Balaban J connectivity index is 2.28. The Kier molecular flexibility index (Phi) is 1.37. The van der Waals surface area contributed by atoms with Crippen molar-refractivity contribution >= 4 is 23.2 Å². The number of hydrogen-bond donors (Lipinski definition) is 1. The highest BCUT2D eigenvalue weighted by Gasteiger charge is 2.25. The van der Waals surface area contributed by atoms with E-state index < -0.39 is 12.8 Å². The number of hydrogen-bond acceptors (Lipinski definition) is 4. The highest BCUT2D eigenvalue weighted by Crippen LogP contribution is 2.35. The number of amides is 1. The van der Waals surface area contributed by atoms with E-state index in [9.17, 15) is 4.79 Å². The van der Waals surface area contributed by atoms with E-state index in [1.54, 1.807) is 7.05 Å². The van der Waals surface area contributed by atoms with Crippen LogP contribution in [0.2, 0.25) is 0 Å². The van der Waals surface area contributed by atoms with Crippen molar-refractivity contribution in [3.05, 3.63) is 41.7 Å². The number of anilines is 3. The second-order valence-electron chi connectivity index (χ2n) is 3.82. The average Bonchev–Trinajstić information content (AvgIpc) is 2.56. The van der Waals surface area contributed by atoms with Crippen LogP contribution in [-0.4, -0.2) is 22.9 Å². The summed E-state index contributed by atoms with van der Waals surface area (Å²) in [5, 5.41) is 2.54. The van der Waals surface area contributed by atoms with Crippen LogP contribution in [0.1, 0.15) is 22.8 Å². The van der Waals surface area contributed by atoms with Gasteiger partial charge in [0.25, 0.3) is 5.91 Å². The molecule has 3 rings (SSSR count). The van der Waals surface area contributed by atoms with Gasteiger partial charge in [-0.15, -0.1) is 0 Å². The normalized spacial score (nSPS) is 18.2. The molecule has 0 aromatic carbocycles. The highest BCUT2D eigenvalue weighted by atomic mass is 16.1. The van der Waals surface area contributed by atoms with Crippen molar-refractivity contribution < 1.29 is 11.6 Å². The zero-order valence-corrected chi connectivity index (χ0v) is 9.48. The van der Waals surface area contributed by atoms with Gasteiger partial charge in [0.05, 0.1) is 14.0 Å². The van der Waals surface area contributed by atoms with E-state index in [1.807, 2.05) is 0 Å². The van der Waals surface area contributed by atoms with Crippen molar-refractivity contribution in [1.82, 2.24) is 9.97 Å². The lowest BCUT2D eigenvalue weighted by Crippen LogP contribution is -2.14. The van der Waals surface area contributed by atoms with Gasteiger partial charge in [-0.05, 0) is 30.6 Å². The van der Waals surface area contributed by atoms with Crippen molar-refractivity contribution in [3.63, 3.8) is 0 Å². The lowest BCUT2D eigenvalue weighted by Gasteiger charge is -2.18. The van der Waals surface area contributed by atoms with E-state index in [1.165, 1.54) is 23.2 Å². The molecular formula is C13H12N4O. The third-order valence-corrected chi connectivity index (χ3v) is 2.73. The summed E-state index contributed by atoms with van der Waals surface area (Å²) in [5.41, 5.74) is 0.131. The van der Waals surface area contributed by atoms with E-state index in [4.69, 9.17) is 6.85 Å². The van der Waals surface area contributed by atoms with Crippen molar-refractivity contribution in [1.29, 1.82) is 0 Å². The zero-order valence-electron chi connectivity index (χ0n) is 14.5. The van der Waals surface area contributed by atoms with Crippen LogP contribution in [-0.2, 0) is 0 Å². The Bertz CT molecular complexity index is 821. The zero-order chi connectivity index (χ0) is 16.9. The molecule has 1 N–H and O–H groups in total. The van der Waals surface area contributed by atoms with Crippen LogP contribution >= 0.6 is 0 Å². The van der Waals surface area contributed by atoms with Gasteiger partial charge in [-0.1, -0.05) is 0 Å². The molecule has 0 atom stereocenters. The van der Waals surface area contributed by atoms with Crippen LogP contribution < -0.4 is 10.2 Å². The molecule has 18 heavy (non-hydrogen) atoms. The summed E-state index contributed by atoms with van der Waals surface area (Å²) in [6.45, 7) is -2.42. The number of rotatable bonds is 0. The van der Waals surface area contributed by atoms with Crippen molar-refractivity contribution in [2.24, 2.45) is 0 Å². The summed E-state index contributed by atoms with van der Waals surface area (Å²) in [6, 6.07) is 2.37. The van der Waals surface area contributed by atoms with E-state index in [0.717, 1.165) is 0 Å². The third-order valence-electron chi connectivity index (χ3n) is 2.73. The van der Waals surface area contributed by atoms with Gasteiger partial charge in [-0.3, -0.25) is 4.79 Å². The quantitative estimate of drug-likeness (QED) is 0.772. The second-order valence-corrected chi connectivity index (χ2v) is 3.82. The van der Waals surface area contributed by atoms with Gasteiger partial charge in [0.2, 0.25) is 0 Å². The fourth-order valence-corrected chi connectivity index (χ4v) is 1.85. The van der Waals surface area contributed by atoms with Crippen LogP contribution in [0.5, 0.6) is 0 Å². The van der Waals surface area contributed by atoms with Crippen LogP contribution in [0.25, 0.3) is 0 Å². The highest BCUT2D eigenvalue weighted by molar-refractivity contribution is 6.11. The molecule has 90 valence electrons. The molecule has 1 amide bonds. The Morgan fingerprint density at radius 1 is 1.39 bits per heavy atom. The van der Waals surface area contributed by atoms with Gasteiger partial charge in [-0.2, -0.15) is 0 Å². The monoisotopic (exact) mass is 245 g/mol. The molecule has 5 heteroatoms. The summed E-state index contributed by atoms with van der Waals surface area (Å²) in [4.78, 5) is 22.0. The number of pyridine rings is 2. The van der Waals surface area contributed by atoms with E-state index in [0.29, 0.717) is 0 Å². The van der Waals surface area contributed by atoms with E-state index in [2.05, 4.69) is 15.3 Å². The molecule has 0 spiro atoms. The van der Waals surface area contributed by atoms with Crippen molar-refractivity contribution in [3.8, 4) is 0 Å². The fourth-order valence-electron chi connectivity index (χ4n) is 1.85. The minimum Gasteiger partial charge on any atom is -0.318 e. The van der Waals surface area contributed by atoms with E-state index in [-0.39, 0.29) is 40.7 Å². The van der Waals surface area contributed by atoms with Crippen molar-refractivity contribution in [2.75, 3.05) is 17.3 Å². The number of aryl methyl sites for hydroxylation is 1. The maximum absolute atomic E-state index is 12.4. The summed E-state index contributed by atoms with van der Waals surface area (Å²) >= 11 is 0. The number of carbonyl (C=O) groups excluding carboxylic acids is 1. The maximum Gasteiger partial charge on any atom is 0.259 e. The average molecular weight is 245 g/mol. The van der Waals surface area contributed by atoms with Gasteiger partial charge < -0.3 is 10.2 Å². The predicted octanol–water partition coefficient (Wildman–Crippen LogP) is 2.12. The van der Waals surface area contributed by atoms with Crippen LogP contribution in [0, 0.1) is 6.85 Å². The Morgan fingerprint density at radius 2 is 2.28 bits per heavy atom. The largest absolute Gasteiger partial charge is 0.318 e. The summed E-state index contributed by atoms with van der Waals surface area (Å²) in [7, 11) is 1.57. The molecule has 0 bridgehead atoms. The molecule has 0 unspecified atom stereocenters. The van der Waals surface area contributed by atoms with Gasteiger partial charge in [-0.25, -0.2) is 9.97 Å². The van der Waals surface area contributed by atoms with Crippen LogP contribution in [0.4, 0.5) is 17.3 Å². The minimum atomic E-state index is -2.42. The number of fused-ring (bicyclic) bond motifs is 2. The standard InChI is InChI=1S/C13H12N4O/c1-8-5-7-15-12-10(8)16-13(18)9-4-3-6-14-11(9)17(12)2/h3-7H,1-2H3,(H,16,18)/i1D3,3D,6D. The molecule has 0 saturated carbocycles. The maximum atomic E-state index is 12.4. The summed E-state index contributed by atoms with van der Waals surface area (Å²) < 4.78 is 38.1. The molecule has 0 radical (unpaired) electrons. The molecule has 1 aliphatic rings. The van der Waals surface area contributed by atoms with Gasteiger partial charge >= 0.3 is 0 Å². The smallest absolute Gasteiger partial charge is 0.259 e. The molecule has 0 saturated heterocycles. The molecular weight excluding hydrogens is 228 g/mol. The van der Waals surface area contributed by atoms with Gasteiger partial charge in [0.1, 0.15) is 5.82 Å². The first-order chi connectivity index (χ1) is 10.7. The minimum absolute atomic E-state index is 0.0345. The fraction of sp³-hybridized carbons (Fsp3) is 0.154. The number of aromatic nitrogens is 2. The first-order valence-corrected chi connectivity index (χ1v) is 5.23. The number of carbonyl (C=O) groups is 1. The second kappa shape index (κ2) is 3.80.